The molecule has 0 saturated heterocycles. The molecule has 0 saturated carbocycles. The second-order valence-electron chi connectivity index (χ2n) is 2.90. The van der Waals surface area contributed by atoms with Crippen LogP contribution in [-0.4, -0.2) is 11.4 Å². The Morgan fingerprint density at radius 2 is 2.25 bits per heavy atom. The molecule has 0 unspecified atom stereocenters. The summed E-state index contributed by atoms with van der Waals surface area (Å²) >= 11 is 3.37. The zero-order valence-corrected chi connectivity index (χ0v) is 8.97. The van der Waals surface area contributed by atoms with Gasteiger partial charge in [0.1, 0.15) is 11.9 Å². The summed E-state index contributed by atoms with van der Waals surface area (Å²) in [5.74, 6) is 0.946. The number of halogens is 1. The summed E-state index contributed by atoms with van der Waals surface area (Å²) in [6.45, 7) is 4.10. The molecule has 0 fully saturated rings. The minimum atomic E-state index is 0.229. The van der Waals surface area contributed by atoms with Crippen LogP contribution in [0.4, 0.5) is 0 Å². The predicted octanol–water partition coefficient (Wildman–Crippen LogP) is 3.16. The molecule has 0 aliphatic rings. The van der Waals surface area contributed by atoms with Crippen LogP contribution < -0.4 is 4.74 Å². The van der Waals surface area contributed by atoms with Crippen molar-refractivity contribution in [1.82, 2.24) is 0 Å². The Balaban J connectivity index is 2.63. The molecule has 0 aromatic heterocycles. The first-order valence-corrected chi connectivity index (χ1v) is 5.14. The van der Waals surface area contributed by atoms with Gasteiger partial charge in [-0.25, -0.2) is 0 Å². The van der Waals surface area contributed by atoms with Crippen LogP contribution in [0.25, 0.3) is 0 Å². The second kappa shape index (κ2) is 4.51. The Morgan fingerprint density at radius 3 is 2.83 bits per heavy atom. The fraction of sp³-hybridized carbons (Fsp3) is 0.400. The van der Waals surface area contributed by atoms with Crippen LogP contribution in [0.5, 0.6) is 5.75 Å². The quantitative estimate of drug-likeness (QED) is 0.723. The third kappa shape index (κ3) is 2.86. The van der Waals surface area contributed by atoms with E-state index >= 15 is 0 Å². The number of hydrogen-bond acceptors (Lipinski definition) is 1. The maximum absolute atomic E-state index is 5.60. The third-order valence-electron chi connectivity index (χ3n) is 1.54. The summed E-state index contributed by atoms with van der Waals surface area (Å²) in [6, 6.07) is 8.09. The summed E-state index contributed by atoms with van der Waals surface area (Å²) in [5.41, 5.74) is 1.23. The van der Waals surface area contributed by atoms with Gasteiger partial charge in [-0.3, -0.25) is 0 Å². The molecule has 0 spiro atoms. The van der Waals surface area contributed by atoms with Crippen LogP contribution in [0.2, 0.25) is 0 Å². The van der Waals surface area contributed by atoms with E-state index in [0.29, 0.717) is 0 Å². The van der Waals surface area contributed by atoms with E-state index in [1.165, 1.54) is 5.56 Å². The maximum Gasteiger partial charge on any atom is 0.120 e. The highest BCUT2D eigenvalue weighted by atomic mass is 79.9. The molecular weight excluding hydrogens is 216 g/mol. The molecule has 0 bridgehead atoms. The molecule has 0 N–H and O–H groups in total. The van der Waals surface area contributed by atoms with E-state index in [4.69, 9.17) is 4.74 Å². The highest BCUT2D eigenvalue weighted by Gasteiger charge is 2.00. The molecule has 1 aromatic carbocycles. The average Bonchev–Trinajstić information content (AvgIpc) is 2.04. The van der Waals surface area contributed by atoms with Gasteiger partial charge in [-0.15, -0.1) is 0 Å². The topological polar surface area (TPSA) is 9.23 Å². The van der Waals surface area contributed by atoms with Gasteiger partial charge in [0, 0.05) is 5.33 Å². The van der Waals surface area contributed by atoms with Gasteiger partial charge in [0.25, 0.3) is 0 Å². The standard InChI is InChI=1S/C10H13BrO/c1-8-4-3-5-10(6-8)12-9(2)7-11/h3-6,9H,7H2,1-2H3/t9-/m1/s1. The average molecular weight is 229 g/mol. The lowest BCUT2D eigenvalue weighted by atomic mass is 10.2. The van der Waals surface area contributed by atoms with Gasteiger partial charge in [-0.2, -0.15) is 0 Å². The van der Waals surface area contributed by atoms with Gasteiger partial charge >= 0.3 is 0 Å². The molecule has 1 nitrogen and oxygen atoms in total. The minimum absolute atomic E-state index is 0.229. The van der Waals surface area contributed by atoms with Gasteiger partial charge in [0.05, 0.1) is 0 Å². The van der Waals surface area contributed by atoms with Crippen LogP contribution in [0.3, 0.4) is 0 Å². The van der Waals surface area contributed by atoms with Crippen LogP contribution >= 0.6 is 15.9 Å². The Kier molecular flexibility index (Phi) is 3.60. The molecule has 12 heavy (non-hydrogen) atoms. The monoisotopic (exact) mass is 228 g/mol. The SMILES string of the molecule is Cc1cccc(O[C@H](C)CBr)c1. The van der Waals surface area contributed by atoms with Crippen molar-refractivity contribution in [1.29, 1.82) is 0 Å². The Bertz CT molecular complexity index is 247. The second-order valence-corrected chi connectivity index (χ2v) is 3.55. The van der Waals surface area contributed by atoms with E-state index in [-0.39, 0.29) is 6.10 Å². The molecular formula is C10H13BrO. The van der Waals surface area contributed by atoms with Gasteiger partial charge in [0.2, 0.25) is 0 Å². The van der Waals surface area contributed by atoms with Crippen molar-refractivity contribution in [3.8, 4) is 5.75 Å². The zero-order valence-electron chi connectivity index (χ0n) is 7.38. The molecule has 0 aliphatic carbocycles. The number of ether oxygens (including phenoxy) is 1. The molecule has 1 atom stereocenters. The fourth-order valence-electron chi connectivity index (χ4n) is 0.952. The van der Waals surface area contributed by atoms with Gasteiger partial charge in [-0.05, 0) is 31.5 Å². The molecule has 0 amide bonds. The van der Waals surface area contributed by atoms with Crippen molar-refractivity contribution in [3.63, 3.8) is 0 Å². The number of rotatable bonds is 3. The highest BCUT2D eigenvalue weighted by molar-refractivity contribution is 9.09. The first kappa shape index (κ1) is 9.59. The Labute approximate surface area is 81.9 Å². The van der Waals surface area contributed by atoms with E-state index in [2.05, 4.69) is 28.9 Å². The number of aryl methyl sites for hydroxylation is 1. The predicted molar refractivity (Wildman–Crippen MR) is 55.1 cm³/mol. The summed E-state index contributed by atoms with van der Waals surface area (Å²) in [6.07, 6.45) is 0.229. The van der Waals surface area contributed by atoms with Crippen molar-refractivity contribution in [3.05, 3.63) is 29.8 Å². The van der Waals surface area contributed by atoms with Crippen molar-refractivity contribution in [2.75, 3.05) is 5.33 Å². The van der Waals surface area contributed by atoms with Gasteiger partial charge in [-0.1, -0.05) is 28.1 Å². The van der Waals surface area contributed by atoms with E-state index in [1.807, 2.05) is 25.1 Å². The molecule has 1 aromatic rings. The lowest BCUT2D eigenvalue weighted by molar-refractivity contribution is 0.248. The van der Waals surface area contributed by atoms with E-state index < -0.39 is 0 Å². The minimum Gasteiger partial charge on any atom is -0.490 e. The molecule has 0 aliphatic heterocycles. The molecule has 1 rings (SSSR count). The lowest BCUT2D eigenvalue weighted by Gasteiger charge is -2.11. The van der Waals surface area contributed by atoms with Crippen LogP contribution in [-0.2, 0) is 0 Å². The molecule has 0 radical (unpaired) electrons. The van der Waals surface area contributed by atoms with E-state index in [9.17, 15) is 0 Å². The first-order valence-electron chi connectivity index (χ1n) is 4.01. The smallest absolute Gasteiger partial charge is 0.120 e. The molecule has 0 heterocycles. The third-order valence-corrected chi connectivity index (χ3v) is 2.46. The van der Waals surface area contributed by atoms with Crippen molar-refractivity contribution in [2.24, 2.45) is 0 Å². The summed E-state index contributed by atoms with van der Waals surface area (Å²) < 4.78 is 5.60. The van der Waals surface area contributed by atoms with Gasteiger partial charge in [0.15, 0.2) is 0 Å². The van der Waals surface area contributed by atoms with Crippen LogP contribution in [0, 0.1) is 6.92 Å². The molecule has 66 valence electrons. The Morgan fingerprint density at radius 1 is 1.50 bits per heavy atom. The summed E-state index contributed by atoms with van der Waals surface area (Å²) in [4.78, 5) is 0. The van der Waals surface area contributed by atoms with Crippen LogP contribution in [0.1, 0.15) is 12.5 Å². The normalized spacial score (nSPS) is 12.6. The summed E-state index contributed by atoms with van der Waals surface area (Å²) in [7, 11) is 0. The van der Waals surface area contributed by atoms with Crippen molar-refractivity contribution >= 4 is 15.9 Å². The van der Waals surface area contributed by atoms with Crippen LogP contribution in [0.15, 0.2) is 24.3 Å². The largest absolute Gasteiger partial charge is 0.490 e. The fourth-order valence-corrected chi connectivity index (χ4v) is 1.08. The van der Waals surface area contributed by atoms with E-state index in [1.54, 1.807) is 0 Å². The Hall–Kier alpha value is -0.500. The lowest BCUT2D eigenvalue weighted by Crippen LogP contribution is -2.12. The van der Waals surface area contributed by atoms with Crippen molar-refractivity contribution < 1.29 is 4.74 Å². The number of benzene rings is 1. The maximum atomic E-state index is 5.60. The van der Waals surface area contributed by atoms with E-state index in [0.717, 1.165) is 11.1 Å². The number of hydrogen-bond donors (Lipinski definition) is 0. The zero-order chi connectivity index (χ0) is 8.97. The number of alkyl halides is 1. The van der Waals surface area contributed by atoms with Crippen molar-refractivity contribution in [2.45, 2.75) is 20.0 Å². The first-order chi connectivity index (χ1) is 5.72. The summed E-state index contributed by atoms with van der Waals surface area (Å²) in [5, 5.41) is 0.862. The van der Waals surface area contributed by atoms with Gasteiger partial charge < -0.3 is 4.74 Å². The molecule has 2 heteroatoms. The highest BCUT2D eigenvalue weighted by Crippen LogP contribution is 2.14.